The van der Waals surface area contributed by atoms with Crippen LogP contribution in [-0.4, -0.2) is 32.1 Å². The molecule has 3 heterocycles. The molecular weight excluding hydrogens is 284 g/mol. The minimum Gasteiger partial charge on any atom is -0.350 e. The van der Waals surface area contributed by atoms with E-state index in [-0.39, 0.29) is 0 Å². The molecule has 120 valence electrons. The van der Waals surface area contributed by atoms with Crippen molar-refractivity contribution in [1.82, 2.24) is 19.0 Å². The Labute approximate surface area is 137 Å². The zero-order chi connectivity index (χ0) is 15.6. The van der Waals surface area contributed by atoms with E-state index in [0.717, 1.165) is 19.0 Å². The van der Waals surface area contributed by atoms with E-state index in [1.54, 1.807) is 0 Å². The van der Waals surface area contributed by atoms with Crippen LogP contribution < -0.4 is 0 Å². The summed E-state index contributed by atoms with van der Waals surface area (Å²) in [4.78, 5) is 6.78. The number of nitrogens with zero attached hydrogens (tertiary/aromatic N) is 4. The van der Waals surface area contributed by atoms with Crippen molar-refractivity contribution in [2.75, 3.05) is 13.1 Å². The van der Waals surface area contributed by atoms with E-state index in [2.05, 4.69) is 62.7 Å². The van der Waals surface area contributed by atoms with Gasteiger partial charge in [-0.1, -0.05) is 18.2 Å². The van der Waals surface area contributed by atoms with Crippen LogP contribution in [0.15, 0.2) is 49.2 Å². The number of hydrogen-bond donors (Lipinski definition) is 0. The van der Waals surface area contributed by atoms with Crippen molar-refractivity contribution in [2.24, 2.45) is 13.0 Å². The summed E-state index contributed by atoms with van der Waals surface area (Å²) >= 11 is 0. The molecule has 0 N–H and O–H groups in total. The van der Waals surface area contributed by atoms with Crippen LogP contribution in [-0.2, 0) is 20.1 Å². The average molecular weight is 308 g/mol. The Morgan fingerprint density at radius 1 is 1.26 bits per heavy atom. The lowest BCUT2D eigenvalue weighted by Gasteiger charge is -2.32. The van der Waals surface area contributed by atoms with Gasteiger partial charge in [0.2, 0.25) is 0 Å². The zero-order valence-electron chi connectivity index (χ0n) is 13.7. The van der Waals surface area contributed by atoms with E-state index in [1.807, 2.05) is 12.5 Å². The zero-order valence-corrected chi connectivity index (χ0v) is 13.7. The normalized spacial score (nSPS) is 19.4. The first-order chi connectivity index (χ1) is 11.3. The average Bonchev–Trinajstić information content (AvgIpc) is 3.17. The fourth-order valence-electron chi connectivity index (χ4n) is 3.93. The first kappa shape index (κ1) is 14.5. The number of piperidine rings is 1. The maximum Gasteiger partial charge on any atom is 0.0946 e. The molecule has 0 unspecified atom stereocenters. The smallest absolute Gasteiger partial charge is 0.0946 e. The van der Waals surface area contributed by atoms with Gasteiger partial charge in [-0.25, -0.2) is 4.98 Å². The topological polar surface area (TPSA) is 26.0 Å². The van der Waals surface area contributed by atoms with Crippen LogP contribution in [0, 0.1) is 5.92 Å². The fourth-order valence-corrected chi connectivity index (χ4v) is 3.93. The van der Waals surface area contributed by atoms with Gasteiger partial charge in [0.05, 0.1) is 6.33 Å². The van der Waals surface area contributed by atoms with Crippen molar-refractivity contribution in [3.05, 3.63) is 54.7 Å². The van der Waals surface area contributed by atoms with E-state index in [4.69, 9.17) is 0 Å². The highest BCUT2D eigenvalue weighted by Crippen LogP contribution is 2.25. The van der Waals surface area contributed by atoms with E-state index >= 15 is 0 Å². The fraction of sp³-hybridized carbons (Fsp3) is 0.421. The third kappa shape index (κ3) is 3.04. The van der Waals surface area contributed by atoms with Crippen molar-refractivity contribution >= 4 is 10.9 Å². The van der Waals surface area contributed by atoms with Gasteiger partial charge in [0.25, 0.3) is 0 Å². The molecule has 1 saturated heterocycles. The Morgan fingerprint density at radius 2 is 2.17 bits per heavy atom. The van der Waals surface area contributed by atoms with Crippen molar-refractivity contribution in [3.8, 4) is 0 Å². The van der Waals surface area contributed by atoms with Crippen LogP contribution in [0.5, 0.6) is 0 Å². The van der Waals surface area contributed by atoms with Gasteiger partial charge in [-0.2, -0.15) is 0 Å². The summed E-state index contributed by atoms with van der Waals surface area (Å²) in [6, 6.07) is 8.71. The maximum atomic E-state index is 4.16. The van der Waals surface area contributed by atoms with Gasteiger partial charge in [-0.15, -0.1) is 0 Å². The second kappa shape index (κ2) is 6.20. The molecule has 1 atom stereocenters. The Morgan fingerprint density at radius 3 is 3.04 bits per heavy atom. The quantitative estimate of drug-likeness (QED) is 0.739. The van der Waals surface area contributed by atoms with Gasteiger partial charge in [-0.05, 0) is 36.9 Å². The highest BCUT2D eigenvalue weighted by molar-refractivity contribution is 5.83. The molecule has 4 nitrogen and oxygen atoms in total. The maximum absolute atomic E-state index is 4.16. The van der Waals surface area contributed by atoms with Crippen molar-refractivity contribution in [3.63, 3.8) is 0 Å². The molecule has 4 heteroatoms. The number of rotatable bonds is 4. The minimum absolute atomic E-state index is 0.730. The van der Waals surface area contributed by atoms with Gasteiger partial charge >= 0.3 is 0 Å². The standard InChI is InChI=1S/C19H24N4/c1-21-13-17(18-6-2-3-7-19(18)21)14-22-9-4-5-16(11-22)12-23-10-8-20-15-23/h2-3,6-8,10,13,15-16H,4-5,9,11-12,14H2,1H3/t16-/m1/s1. The number of fused-ring (bicyclic) bond motifs is 1. The SMILES string of the molecule is Cn1cc(CN2CCC[C@@H](Cn3ccnc3)C2)c2ccccc21. The van der Waals surface area contributed by atoms with E-state index in [9.17, 15) is 0 Å². The van der Waals surface area contributed by atoms with Gasteiger partial charge in [0.1, 0.15) is 0 Å². The first-order valence-electron chi connectivity index (χ1n) is 8.50. The molecule has 23 heavy (non-hydrogen) atoms. The third-order valence-electron chi connectivity index (χ3n) is 5.00. The number of benzene rings is 1. The lowest BCUT2D eigenvalue weighted by atomic mass is 9.97. The summed E-state index contributed by atoms with van der Waals surface area (Å²) in [5.41, 5.74) is 2.78. The summed E-state index contributed by atoms with van der Waals surface area (Å²) in [7, 11) is 2.14. The molecule has 0 bridgehead atoms. The highest BCUT2D eigenvalue weighted by Gasteiger charge is 2.21. The third-order valence-corrected chi connectivity index (χ3v) is 5.00. The molecule has 2 aromatic heterocycles. The minimum atomic E-state index is 0.730. The number of aromatic nitrogens is 3. The van der Waals surface area contributed by atoms with E-state index < -0.39 is 0 Å². The number of hydrogen-bond acceptors (Lipinski definition) is 2. The van der Waals surface area contributed by atoms with Crippen LogP contribution in [0.2, 0.25) is 0 Å². The van der Waals surface area contributed by atoms with Crippen LogP contribution in [0.1, 0.15) is 18.4 Å². The van der Waals surface area contributed by atoms with Crippen LogP contribution >= 0.6 is 0 Å². The van der Waals surface area contributed by atoms with Crippen molar-refractivity contribution in [2.45, 2.75) is 25.9 Å². The monoisotopic (exact) mass is 308 g/mol. The number of imidazole rings is 1. The summed E-state index contributed by atoms with van der Waals surface area (Å²) < 4.78 is 4.46. The van der Waals surface area contributed by atoms with Gasteiger partial charge < -0.3 is 9.13 Å². The van der Waals surface area contributed by atoms with E-state index in [0.29, 0.717) is 0 Å². The summed E-state index contributed by atoms with van der Waals surface area (Å²) in [5, 5.41) is 1.40. The Bertz CT molecular complexity index is 772. The number of likely N-dealkylation sites (tertiary alicyclic amines) is 1. The van der Waals surface area contributed by atoms with Crippen molar-refractivity contribution in [1.29, 1.82) is 0 Å². The molecule has 0 aliphatic carbocycles. The lowest BCUT2D eigenvalue weighted by Crippen LogP contribution is -2.36. The molecule has 1 aromatic carbocycles. The van der Waals surface area contributed by atoms with Gasteiger partial charge in [0.15, 0.2) is 0 Å². The lowest BCUT2D eigenvalue weighted by molar-refractivity contribution is 0.156. The van der Waals surface area contributed by atoms with E-state index in [1.165, 1.54) is 42.4 Å². The first-order valence-corrected chi connectivity index (χ1v) is 8.50. The molecule has 1 aliphatic heterocycles. The molecule has 3 aromatic rings. The summed E-state index contributed by atoms with van der Waals surface area (Å²) in [6.07, 6.45) is 10.8. The van der Waals surface area contributed by atoms with Crippen LogP contribution in [0.25, 0.3) is 10.9 Å². The molecule has 1 aliphatic rings. The van der Waals surface area contributed by atoms with Crippen LogP contribution in [0.3, 0.4) is 0 Å². The predicted octanol–water partition coefficient (Wildman–Crippen LogP) is 3.29. The Hall–Kier alpha value is -2.07. The van der Waals surface area contributed by atoms with Gasteiger partial charge in [-0.3, -0.25) is 4.90 Å². The molecule has 0 saturated carbocycles. The summed E-state index contributed by atoms with van der Waals surface area (Å²) in [5.74, 6) is 0.730. The second-order valence-electron chi connectivity index (χ2n) is 6.79. The molecule has 0 spiro atoms. The Balaban J connectivity index is 1.47. The molecule has 1 fully saturated rings. The predicted molar refractivity (Wildman–Crippen MR) is 93.1 cm³/mol. The highest BCUT2D eigenvalue weighted by atomic mass is 15.1. The molecular formula is C19H24N4. The van der Waals surface area contributed by atoms with Crippen molar-refractivity contribution < 1.29 is 0 Å². The van der Waals surface area contributed by atoms with Crippen LogP contribution in [0.4, 0.5) is 0 Å². The number of para-hydroxylation sites is 1. The molecule has 4 rings (SSSR count). The second-order valence-corrected chi connectivity index (χ2v) is 6.79. The number of aryl methyl sites for hydroxylation is 1. The molecule has 0 amide bonds. The molecule has 0 radical (unpaired) electrons. The van der Waals surface area contributed by atoms with Gasteiger partial charge in [0, 0.05) is 56.2 Å². The Kier molecular flexibility index (Phi) is 3.92. The largest absolute Gasteiger partial charge is 0.350 e. The summed E-state index contributed by atoms with van der Waals surface area (Å²) in [6.45, 7) is 4.54.